The standard InChI is InChI=1S/C15H24Si/c1-13(2)11-15(12-16(3,4)5)14-9-7-6-8-10-14/h6-11,15H,12H2,1-5H3. The van der Waals surface area contributed by atoms with E-state index in [2.05, 4.69) is 69.9 Å². The van der Waals surface area contributed by atoms with Crippen LogP contribution < -0.4 is 0 Å². The van der Waals surface area contributed by atoms with Crippen LogP contribution in [0, 0.1) is 0 Å². The van der Waals surface area contributed by atoms with Crippen LogP contribution >= 0.6 is 0 Å². The molecule has 0 radical (unpaired) electrons. The van der Waals surface area contributed by atoms with Crippen LogP contribution in [0.5, 0.6) is 0 Å². The van der Waals surface area contributed by atoms with Crippen molar-refractivity contribution in [2.24, 2.45) is 0 Å². The Bertz CT molecular complexity index is 339. The fraction of sp³-hybridized carbons (Fsp3) is 0.467. The van der Waals surface area contributed by atoms with E-state index in [1.165, 1.54) is 17.2 Å². The van der Waals surface area contributed by atoms with Gasteiger partial charge in [0.1, 0.15) is 0 Å². The number of hydrogen-bond donors (Lipinski definition) is 0. The molecule has 0 spiro atoms. The lowest BCUT2D eigenvalue weighted by atomic mass is 9.99. The average molecular weight is 232 g/mol. The number of rotatable bonds is 4. The topological polar surface area (TPSA) is 0 Å². The van der Waals surface area contributed by atoms with E-state index in [-0.39, 0.29) is 0 Å². The second kappa shape index (κ2) is 5.49. The summed E-state index contributed by atoms with van der Waals surface area (Å²) in [5.74, 6) is 0.609. The lowest BCUT2D eigenvalue weighted by molar-refractivity contribution is 0.926. The second-order valence-electron chi connectivity index (χ2n) is 6.03. The molecule has 1 aromatic rings. The Kier molecular flexibility index (Phi) is 4.54. The largest absolute Gasteiger partial charge is 0.0798 e. The molecule has 1 unspecified atom stereocenters. The van der Waals surface area contributed by atoms with Gasteiger partial charge in [-0.05, 0) is 31.4 Å². The van der Waals surface area contributed by atoms with Gasteiger partial charge in [-0.15, -0.1) is 0 Å². The van der Waals surface area contributed by atoms with Crippen molar-refractivity contribution in [3.63, 3.8) is 0 Å². The van der Waals surface area contributed by atoms with Crippen molar-refractivity contribution in [1.82, 2.24) is 0 Å². The van der Waals surface area contributed by atoms with Crippen LogP contribution in [0.3, 0.4) is 0 Å². The molecule has 1 atom stereocenters. The lowest BCUT2D eigenvalue weighted by Gasteiger charge is -2.23. The highest BCUT2D eigenvalue weighted by Crippen LogP contribution is 2.28. The Labute approximate surface area is 101 Å². The minimum Gasteiger partial charge on any atom is -0.0798 e. The van der Waals surface area contributed by atoms with Crippen LogP contribution in [-0.2, 0) is 0 Å². The van der Waals surface area contributed by atoms with Crippen molar-refractivity contribution in [2.75, 3.05) is 0 Å². The molecule has 0 fully saturated rings. The molecule has 0 heterocycles. The molecule has 88 valence electrons. The minimum atomic E-state index is -1.01. The van der Waals surface area contributed by atoms with Crippen LogP contribution in [0.15, 0.2) is 42.0 Å². The maximum absolute atomic E-state index is 2.45. The molecule has 1 heteroatoms. The molecule has 0 aliphatic rings. The molecule has 0 saturated heterocycles. The molecule has 0 bridgehead atoms. The van der Waals surface area contributed by atoms with E-state index in [1.54, 1.807) is 0 Å². The molecule has 0 saturated carbocycles. The molecule has 0 aromatic heterocycles. The molecule has 0 N–H and O–H groups in total. The van der Waals surface area contributed by atoms with E-state index in [1.807, 2.05) is 0 Å². The van der Waals surface area contributed by atoms with Crippen molar-refractivity contribution in [1.29, 1.82) is 0 Å². The highest BCUT2D eigenvalue weighted by Gasteiger charge is 2.19. The Morgan fingerprint density at radius 2 is 1.69 bits per heavy atom. The van der Waals surface area contributed by atoms with Crippen LogP contribution in [0.25, 0.3) is 0 Å². The lowest BCUT2D eigenvalue weighted by Crippen LogP contribution is -2.22. The van der Waals surface area contributed by atoms with Gasteiger partial charge in [0.2, 0.25) is 0 Å². The predicted octanol–water partition coefficient (Wildman–Crippen LogP) is 5.07. The summed E-state index contributed by atoms with van der Waals surface area (Å²) >= 11 is 0. The first kappa shape index (κ1) is 13.2. The molecule has 16 heavy (non-hydrogen) atoms. The smallest absolute Gasteiger partial charge is 0.0451 e. The van der Waals surface area contributed by atoms with Gasteiger partial charge >= 0.3 is 0 Å². The first-order valence-electron chi connectivity index (χ1n) is 6.08. The minimum absolute atomic E-state index is 0.609. The molecular weight excluding hydrogens is 208 g/mol. The third-order valence-corrected chi connectivity index (χ3v) is 4.26. The Hall–Kier alpha value is -0.823. The summed E-state index contributed by atoms with van der Waals surface area (Å²) in [6.45, 7) is 11.7. The summed E-state index contributed by atoms with van der Waals surface area (Å²) in [6, 6.07) is 12.2. The summed E-state index contributed by atoms with van der Waals surface area (Å²) in [4.78, 5) is 0. The summed E-state index contributed by atoms with van der Waals surface area (Å²) in [6.07, 6.45) is 2.42. The first-order chi connectivity index (χ1) is 7.38. The van der Waals surface area contributed by atoms with Gasteiger partial charge in [-0.1, -0.05) is 61.6 Å². The van der Waals surface area contributed by atoms with E-state index in [0.717, 1.165) is 0 Å². The summed E-state index contributed by atoms with van der Waals surface area (Å²) < 4.78 is 0. The summed E-state index contributed by atoms with van der Waals surface area (Å²) in [5, 5.41) is 0. The molecule has 0 nitrogen and oxygen atoms in total. The van der Waals surface area contributed by atoms with Crippen LogP contribution in [-0.4, -0.2) is 8.07 Å². The maximum Gasteiger partial charge on any atom is 0.0451 e. The highest BCUT2D eigenvalue weighted by atomic mass is 28.3. The van der Waals surface area contributed by atoms with Crippen LogP contribution in [0.1, 0.15) is 25.3 Å². The first-order valence-corrected chi connectivity index (χ1v) is 9.79. The monoisotopic (exact) mass is 232 g/mol. The van der Waals surface area contributed by atoms with Gasteiger partial charge in [0.25, 0.3) is 0 Å². The third-order valence-electron chi connectivity index (χ3n) is 2.59. The SMILES string of the molecule is CC(C)=CC(C[Si](C)(C)C)c1ccccc1. The van der Waals surface area contributed by atoms with Gasteiger partial charge in [0.15, 0.2) is 0 Å². The van der Waals surface area contributed by atoms with Crippen molar-refractivity contribution < 1.29 is 0 Å². The maximum atomic E-state index is 2.45. The quantitative estimate of drug-likeness (QED) is 0.502. The number of hydrogen-bond acceptors (Lipinski definition) is 0. The fourth-order valence-corrected chi connectivity index (χ4v) is 3.71. The Balaban J connectivity index is 2.93. The molecule has 0 aliphatic carbocycles. The molecular formula is C15H24Si. The van der Waals surface area contributed by atoms with E-state index in [4.69, 9.17) is 0 Å². The molecule has 1 aromatic carbocycles. The molecule has 0 aliphatic heterocycles. The third kappa shape index (κ3) is 4.80. The number of allylic oxidation sites excluding steroid dienone is 2. The average Bonchev–Trinajstić information content (AvgIpc) is 2.15. The fourth-order valence-electron chi connectivity index (χ4n) is 2.04. The van der Waals surface area contributed by atoms with Crippen LogP contribution in [0.2, 0.25) is 25.7 Å². The molecule has 1 rings (SSSR count). The van der Waals surface area contributed by atoms with Gasteiger partial charge in [0, 0.05) is 8.07 Å². The Morgan fingerprint density at radius 3 is 2.12 bits per heavy atom. The van der Waals surface area contributed by atoms with E-state index < -0.39 is 8.07 Å². The van der Waals surface area contributed by atoms with Gasteiger partial charge in [-0.3, -0.25) is 0 Å². The second-order valence-corrected chi connectivity index (χ2v) is 11.6. The van der Waals surface area contributed by atoms with E-state index in [9.17, 15) is 0 Å². The van der Waals surface area contributed by atoms with Crippen molar-refractivity contribution >= 4 is 8.07 Å². The number of benzene rings is 1. The predicted molar refractivity (Wildman–Crippen MR) is 76.8 cm³/mol. The zero-order valence-electron chi connectivity index (χ0n) is 11.2. The zero-order chi connectivity index (χ0) is 12.2. The van der Waals surface area contributed by atoms with Crippen molar-refractivity contribution in [2.45, 2.75) is 45.5 Å². The normalized spacial score (nSPS) is 13.3. The summed E-state index contributed by atoms with van der Waals surface area (Å²) in [5.41, 5.74) is 2.89. The van der Waals surface area contributed by atoms with Gasteiger partial charge in [-0.2, -0.15) is 0 Å². The molecule has 0 amide bonds. The van der Waals surface area contributed by atoms with E-state index >= 15 is 0 Å². The van der Waals surface area contributed by atoms with Gasteiger partial charge < -0.3 is 0 Å². The summed E-state index contributed by atoms with van der Waals surface area (Å²) in [7, 11) is -1.01. The van der Waals surface area contributed by atoms with Crippen molar-refractivity contribution in [3.8, 4) is 0 Å². The van der Waals surface area contributed by atoms with Crippen LogP contribution in [0.4, 0.5) is 0 Å². The van der Waals surface area contributed by atoms with Gasteiger partial charge in [0.05, 0.1) is 0 Å². The van der Waals surface area contributed by atoms with Crippen molar-refractivity contribution in [3.05, 3.63) is 47.5 Å². The van der Waals surface area contributed by atoms with Gasteiger partial charge in [-0.25, -0.2) is 0 Å². The van der Waals surface area contributed by atoms with E-state index in [0.29, 0.717) is 5.92 Å². The Morgan fingerprint density at radius 1 is 1.12 bits per heavy atom. The zero-order valence-corrected chi connectivity index (χ0v) is 12.2. The highest BCUT2D eigenvalue weighted by molar-refractivity contribution is 6.76.